The van der Waals surface area contributed by atoms with E-state index in [1.165, 1.54) is 36.8 Å². The summed E-state index contributed by atoms with van der Waals surface area (Å²) >= 11 is 4.54. The fourth-order valence-electron chi connectivity index (χ4n) is 3.11. The number of halogens is 2. The van der Waals surface area contributed by atoms with Crippen LogP contribution in [0.1, 0.15) is 79.1 Å². The van der Waals surface area contributed by atoms with Crippen LogP contribution >= 0.6 is 0 Å². The first-order valence-electron chi connectivity index (χ1n) is 13.2. The summed E-state index contributed by atoms with van der Waals surface area (Å²) in [5.41, 5.74) is 6.19. The largest absolute Gasteiger partial charge is 1.00 e. The van der Waals surface area contributed by atoms with Gasteiger partial charge in [-0.05, 0) is 0 Å². The molecule has 0 aromatic rings. The van der Waals surface area contributed by atoms with E-state index in [9.17, 15) is 0 Å². The molecular formula is C32H48Cl2Si2Ti2-2. The van der Waals surface area contributed by atoms with Gasteiger partial charge in [-0.1, -0.05) is 53.4 Å². The van der Waals surface area contributed by atoms with Gasteiger partial charge in [-0.15, -0.1) is 25.7 Å². The summed E-state index contributed by atoms with van der Waals surface area (Å²) in [5.74, 6) is 0. The summed E-state index contributed by atoms with van der Waals surface area (Å²) in [5, 5.41) is 0. The van der Waals surface area contributed by atoms with Gasteiger partial charge >= 0.3 is 76.9 Å². The smallest absolute Gasteiger partial charge is 0.109 e. The van der Waals surface area contributed by atoms with E-state index in [0.717, 1.165) is 25.7 Å². The van der Waals surface area contributed by atoms with Crippen molar-refractivity contribution in [2.24, 2.45) is 0 Å². The van der Waals surface area contributed by atoms with E-state index >= 15 is 0 Å². The molecule has 0 N–H and O–H groups in total. The van der Waals surface area contributed by atoms with E-state index in [1.54, 1.807) is 11.1 Å². The van der Waals surface area contributed by atoms with Crippen molar-refractivity contribution >= 4 is 12.4 Å². The molecule has 0 saturated heterocycles. The molecule has 0 fully saturated rings. The van der Waals surface area contributed by atoms with E-state index in [2.05, 4.69) is 141 Å². The molecule has 6 heteroatoms. The Labute approximate surface area is 273 Å². The molecule has 38 heavy (non-hydrogen) atoms. The second-order valence-corrected chi connectivity index (χ2v) is 22.1. The summed E-state index contributed by atoms with van der Waals surface area (Å²) in [6.07, 6.45) is 37.9. The topological polar surface area (TPSA) is 0 Å². The molecule has 0 radical (unpaired) electrons. The zero-order valence-corrected chi connectivity index (χ0v) is 31.7. The molecule has 208 valence electrons. The quantitative estimate of drug-likeness (QED) is 0.319. The minimum atomic E-state index is 0. The molecular weight excluding hydrogens is 607 g/mol. The van der Waals surface area contributed by atoms with Crippen LogP contribution in [0.4, 0.5) is 0 Å². The number of rotatable bonds is 4. The Morgan fingerprint density at radius 3 is 1.05 bits per heavy atom. The van der Waals surface area contributed by atoms with Gasteiger partial charge in [-0.3, -0.25) is 24.3 Å². The third-order valence-corrected chi connectivity index (χ3v) is 4.88. The molecule has 0 unspecified atom stereocenters. The summed E-state index contributed by atoms with van der Waals surface area (Å²) < 4.78 is 0. The van der Waals surface area contributed by atoms with Gasteiger partial charge in [0.1, 0.15) is 0 Å². The van der Waals surface area contributed by atoms with Crippen LogP contribution in [0.25, 0.3) is 0 Å². The van der Waals surface area contributed by atoms with Crippen LogP contribution in [-0.2, 0) is 38.3 Å². The Balaban J connectivity index is -0.000000187. The summed E-state index contributed by atoms with van der Waals surface area (Å²) in [4.78, 5) is 0. The maximum absolute atomic E-state index is 3.23. The van der Waals surface area contributed by atoms with E-state index < -0.39 is 0 Å². The number of hydrogen-bond donors (Lipinski definition) is 0. The van der Waals surface area contributed by atoms with Crippen molar-refractivity contribution < 1.29 is 63.2 Å². The van der Waals surface area contributed by atoms with Gasteiger partial charge in [0.25, 0.3) is 0 Å². The Bertz CT molecular complexity index is 774. The van der Waals surface area contributed by atoms with Crippen molar-refractivity contribution in [2.75, 3.05) is 0 Å². The molecule has 0 aromatic heterocycles. The SMILES string of the molecule is CCC1=C(CC)C[C-]=C1.CCC1=C(CC)C[C-]=C1.C[Si](C)=[Ti+2].C[Si](C)=[Ti+2].[C-]1=CC=CC1.[C-]1=CC=CC1.[Cl-].[Cl-]. The van der Waals surface area contributed by atoms with Gasteiger partial charge in [0.2, 0.25) is 0 Å². The number of allylic oxidation sites excluding steroid dienone is 16. The van der Waals surface area contributed by atoms with Gasteiger partial charge < -0.3 is 24.8 Å². The fourth-order valence-corrected chi connectivity index (χ4v) is 3.11. The molecule has 0 atom stereocenters. The average Bonchev–Trinajstić information content (AvgIpc) is 3.68. The van der Waals surface area contributed by atoms with E-state index in [-0.39, 0.29) is 37.2 Å². The zero-order valence-electron chi connectivity index (χ0n) is 25.0. The molecule has 0 saturated carbocycles. The molecule has 0 spiro atoms. The Morgan fingerprint density at radius 2 is 0.921 bits per heavy atom. The maximum Gasteiger partial charge on any atom is -0.109 e. The predicted octanol–water partition coefficient (Wildman–Crippen LogP) is 3.92. The van der Waals surface area contributed by atoms with Crippen molar-refractivity contribution in [2.45, 2.75) is 105 Å². The van der Waals surface area contributed by atoms with E-state index in [1.807, 2.05) is 24.3 Å². The summed E-state index contributed by atoms with van der Waals surface area (Å²) in [6, 6.07) is 0. The molecule has 0 aromatic carbocycles. The normalized spacial score (nSPS) is 14.4. The van der Waals surface area contributed by atoms with Crippen molar-refractivity contribution in [3.63, 3.8) is 0 Å². The Kier molecular flexibility index (Phi) is 40.1. The maximum atomic E-state index is 3.23. The van der Waals surface area contributed by atoms with Crippen molar-refractivity contribution in [3.8, 4) is 0 Å². The van der Waals surface area contributed by atoms with Gasteiger partial charge in [0, 0.05) is 0 Å². The summed E-state index contributed by atoms with van der Waals surface area (Å²) in [6.45, 7) is 17.9. The summed E-state index contributed by atoms with van der Waals surface area (Å²) in [7, 11) is 0. The molecule has 4 aliphatic carbocycles. The minimum Gasteiger partial charge on any atom is -1.00 e. The van der Waals surface area contributed by atoms with Crippen LogP contribution < -0.4 is 24.8 Å². The molecule has 4 aliphatic rings. The van der Waals surface area contributed by atoms with E-state index in [4.69, 9.17) is 0 Å². The standard InChI is InChI=1S/2C9H13.2C5H5.2C2H6Si.2ClH.2Ti/c2*1-3-8-6-5-7-9(8)4-2;2*1-2-4-5-3-1;2*1-3-2;;;;/h2*6H,3-4,7H2,1-2H3;2*1-3H,4H2;2*1-2H3;2*1H;;/q4*-1;;;;;2*+2/p-2. The Morgan fingerprint density at radius 1 is 0.605 bits per heavy atom. The van der Waals surface area contributed by atoms with Crippen LogP contribution in [0.2, 0.25) is 26.2 Å². The third-order valence-electron chi connectivity index (χ3n) is 4.88. The molecule has 0 heterocycles. The molecule has 0 amide bonds. The first-order valence-corrected chi connectivity index (χ1v) is 22.9. The van der Waals surface area contributed by atoms with Crippen LogP contribution in [-0.4, -0.2) is 12.4 Å². The monoisotopic (exact) mass is 654 g/mol. The Hall–Kier alpha value is 0.362. The molecule has 4 rings (SSSR count). The van der Waals surface area contributed by atoms with Gasteiger partial charge in [-0.2, -0.15) is 34.4 Å². The molecule has 0 nitrogen and oxygen atoms in total. The second-order valence-electron chi connectivity index (χ2n) is 8.73. The second kappa shape index (κ2) is 33.6. The molecule has 0 bridgehead atoms. The zero-order chi connectivity index (χ0) is 27.6. The predicted molar refractivity (Wildman–Crippen MR) is 158 cm³/mol. The third kappa shape index (κ3) is 30.9. The van der Waals surface area contributed by atoms with Crippen LogP contribution in [0, 0.1) is 24.3 Å². The van der Waals surface area contributed by atoms with Crippen LogP contribution in [0.3, 0.4) is 0 Å². The molecule has 0 aliphatic heterocycles. The fraction of sp³-hybridized carbons (Fsp3) is 0.500. The van der Waals surface area contributed by atoms with Gasteiger partial charge in [-0.25, -0.2) is 36.5 Å². The van der Waals surface area contributed by atoms with Crippen molar-refractivity contribution in [3.05, 3.63) is 95.2 Å². The minimum absolute atomic E-state index is 0. The van der Waals surface area contributed by atoms with Crippen LogP contribution in [0.15, 0.2) is 70.9 Å². The number of hydrogen-bond acceptors (Lipinski definition) is 0. The average molecular weight is 656 g/mol. The first kappa shape index (κ1) is 45.4. The van der Waals surface area contributed by atoms with E-state index in [0.29, 0.717) is 0 Å². The van der Waals surface area contributed by atoms with Crippen molar-refractivity contribution in [1.29, 1.82) is 0 Å². The van der Waals surface area contributed by atoms with Gasteiger partial charge in [0.05, 0.1) is 0 Å². The van der Waals surface area contributed by atoms with Gasteiger partial charge in [0.15, 0.2) is 0 Å². The first-order chi connectivity index (χ1) is 17.2. The van der Waals surface area contributed by atoms with Crippen molar-refractivity contribution in [1.82, 2.24) is 0 Å². The van der Waals surface area contributed by atoms with Crippen LogP contribution in [0.5, 0.6) is 0 Å².